The van der Waals surface area contributed by atoms with Gasteiger partial charge in [0.05, 0.1) is 0 Å². The van der Waals surface area contributed by atoms with Crippen molar-refractivity contribution in [3.05, 3.63) is 65.4 Å². The Bertz CT molecular complexity index is 1080. The van der Waals surface area contributed by atoms with Crippen LogP contribution in [0.2, 0.25) is 0 Å². The molecule has 0 unspecified atom stereocenters. The van der Waals surface area contributed by atoms with Crippen LogP contribution in [-0.2, 0) is 17.6 Å². The number of amides is 2. The van der Waals surface area contributed by atoms with E-state index in [1.54, 1.807) is 0 Å². The number of anilines is 1. The van der Waals surface area contributed by atoms with Crippen molar-refractivity contribution in [2.75, 3.05) is 38.0 Å². The van der Waals surface area contributed by atoms with Crippen molar-refractivity contribution < 1.29 is 9.59 Å². The molecule has 5 rings (SSSR count). The van der Waals surface area contributed by atoms with Gasteiger partial charge in [0, 0.05) is 55.7 Å². The second-order valence-corrected chi connectivity index (χ2v) is 8.54. The first-order valence-electron chi connectivity index (χ1n) is 11.2. The lowest BCUT2D eigenvalue weighted by atomic mass is 10.1. The zero-order valence-electron chi connectivity index (χ0n) is 17.7. The molecular weight excluding hydrogens is 388 g/mol. The second kappa shape index (κ2) is 8.55. The minimum absolute atomic E-state index is 0.0465. The van der Waals surface area contributed by atoms with Gasteiger partial charge in [-0.15, -0.1) is 0 Å². The van der Waals surface area contributed by atoms with Gasteiger partial charge in [-0.3, -0.25) is 14.5 Å². The molecule has 0 radical (unpaired) electrons. The van der Waals surface area contributed by atoms with Crippen LogP contribution in [0.5, 0.6) is 0 Å². The van der Waals surface area contributed by atoms with Crippen molar-refractivity contribution in [3.8, 4) is 0 Å². The number of H-pyrrole nitrogens is 1. The number of carbonyl (C=O) groups is 2. The maximum absolute atomic E-state index is 12.8. The highest BCUT2D eigenvalue weighted by Crippen LogP contribution is 2.25. The number of rotatable bonds is 5. The van der Waals surface area contributed by atoms with Gasteiger partial charge in [-0.25, -0.2) is 0 Å². The number of nitrogens with one attached hydrogen (secondary N) is 2. The zero-order chi connectivity index (χ0) is 21.2. The molecule has 3 aromatic rings. The summed E-state index contributed by atoms with van der Waals surface area (Å²) in [7, 11) is 0. The Hall–Kier alpha value is -3.12. The van der Waals surface area contributed by atoms with Gasteiger partial charge in [0.15, 0.2) is 0 Å². The molecule has 0 spiro atoms. The molecule has 6 heteroatoms. The molecule has 6 nitrogen and oxygen atoms in total. The monoisotopic (exact) mass is 416 g/mol. The minimum atomic E-state index is 0.0465. The highest BCUT2D eigenvalue weighted by molar-refractivity contribution is 5.98. The van der Waals surface area contributed by atoms with Crippen molar-refractivity contribution in [2.45, 2.75) is 25.7 Å². The van der Waals surface area contributed by atoms with Crippen LogP contribution in [0.25, 0.3) is 10.9 Å². The number of aromatic nitrogens is 1. The number of hydrogen-bond donors (Lipinski definition) is 2. The molecule has 2 amide bonds. The van der Waals surface area contributed by atoms with Crippen LogP contribution in [0.1, 0.15) is 34.5 Å². The van der Waals surface area contributed by atoms with Crippen LogP contribution in [0, 0.1) is 0 Å². The lowest BCUT2D eigenvalue weighted by Crippen LogP contribution is -2.49. The maximum atomic E-state index is 12.8. The Labute approximate surface area is 182 Å². The largest absolute Gasteiger partial charge is 0.351 e. The standard InChI is InChI=1S/C25H28N4O2/c30-24(26-21-9-8-18-5-3-6-19(18)16-21)10-11-28-12-14-29(15-13-28)25(31)23-17-20-4-1-2-7-22(20)27-23/h1-2,4,7-9,16-17,27H,3,5-6,10-15H2,(H,26,30). The lowest BCUT2D eigenvalue weighted by Gasteiger charge is -2.34. The molecule has 1 saturated heterocycles. The normalized spacial score (nSPS) is 16.5. The number of aromatic amines is 1. The topological polar surface area (TPSA) is 68.4 Å². The first kappa shape index (κ1) is 19.8. The fourth-order valence-electron chi connectivity index (χ4n) is 4.67. The van der Waals surface area contributed by atoms with Crippen molar-refractivity contribution in [1.29, 1.82) is 0 Å². The zero-order valence-corrected chi connectivity index (χ0v) is 17.7. The molecule has 0 saturated carbocycles. The van der Waals surface area contributed by atoms with Gasteiger partial charge in [-0.05, 0) is 54.7 Å². The molecular formula is C25H28N4O2. The van der Waals surface area contributed by atoms with Crippen LogP contribution in [0.3, 0.4) is 0 Å². The highest BCUT2D eigenvalue weighted by atomic mass is 16.2. The second-order valence-electron chi connectivity index (χ2n) is 8.54. The van der Waals surface area contributed by atoms with E-state index in [-0.39, 0.29) is 11.8 Å². The molecule has 2 aliphatic rings. The molecule has 2 heterocycles. The van der Waals surface area contributed by atoms with E-state index in [1.165, 1.54) is 17.5 Å². The Balaban J connectivity index is 1.09. The molecule has 1 aromatic heterocycles. The predicted octanol–water partition coefficient (Wildman–Crippen LogP) is 3.44. The molecule has 160 valence electrons. The van der Waals surface area contributed by atoms with E-state index < -0.39 is 0 Å². The number of fused-ring (bicyclic) bond motifs is 2. The van der Waals surface area contributed by atoms with Gasteiger partial charge in [0.1, 0.15) is 5.69 Å². The third-order valence-electron chi connectivity index (χ3n) is 6.46. The lowest BCUT2D eigenvalue weighted by molar-refractivity contribution is -0.116. The molecule has 0 atom stereocenters. The summed E-state index contributed by atoms with van der Waals surface area (Å²) in [5.74, 6) is 0.0970. The average molecular weight is 417 g/mol. The van der Waals surface area contributed by atoms with Gasteiger partial charge in [-0.1, -0.05) is 24.3 Å². The Morgan fingerprint density at radius 3 is 2.58 bits per heavy atom. The van der Waals surface area contributed by atoms with Gasteiger partial charge in [0.2, 0.25) is 5.91 Å². The number of para-hydroxylation sites is 1. The summed E-state index contributed by atoms with van der Waals surface area (Å²) >= 11 is 0. The number of hydrogen-bond acceptors (Lipinski definition) is 3. The van der Waals surface area contributed by atoms with Gasteiger partial charge in [-0.2, -0.15) is 0 Å². The van der Waals surface area contributed by atoms with E-state index in [9.17, 15) is 9.59 Å². The fourth-order valence-corrected chi connectivity index (χ4v) is 4.67. The van der Waals surface area contributed by atoms with Crippen molar-refractivity contribution in [2.24, 2.45) is 0 Å². The summed E-state index contributed by atoms with van der Waals surface area (Å²) in [5, 5.41) is 4.09. The minimum Gasteiger partial charge on any atom is -0.351 e. The number of benzene rings is 2. The van der Waals surface area contributed by atoms with E-state index in [0.29, 0.717) is 31.7 Å². The van der Waals surface area contributed by atoms with Crippen molar-refractivity contribution in [1.82, 2.24) is 14.8 Å². The Morgan fingerprint density at radius 2 is 1.74 bits per heavy atom. The number of nitrogens with zero attached hydrogens (tertiary/aromatic N) is 2. The SMILES string of the molecule is O=C(CCN1CCN(C(=O)c2cc3ccccc3[nH]2)CC1)Nc1ccc2c(c1)CCC2. The first-order valence-corrected chi connectivity index (χ1v) is 11.2. The molecule has 1 aliphatic heterocycles. The quantitative estimate of drug-likeness (QED) is 0.670. The van der Waals surface area contributed by atoms with Crippen molar-refractivity contribution >= 4 is 28.4 Å². The summed E-state index contributed by atoms with van der Waals surface area (Å²) in [6.07, 6.45) is 3.94. The summed E-state index contributed by atoms with van der Waals surface area (Å²) in [5.41, 5.74) is 5.31. The Morgan fingerprint density at radius 1 is 0.935 bits per heavy atom. The maximum Gasteiger partial charge on any atom is 0.270 e. The van der Waals surface area contributed by atoms with E-state index in [4.69, 9.17) is 0 Å². The number of carbonyl (C=O) groups excluding carboxylic acids is 2. The van der Waals surface area contributed by atoms with Gasteiger partial charge < -0.3 is 15.2 Å². The van der Waals surface area contributed by atoms with Crippen LogP contribution >= 0.6 is 0 Å². The average Bonchev–Trinajstić information content (AvgIpc) is 3.44. The van der Waals surface area contributed by atoms with E-state index >= 15 is 0 Å². The molecule has 2 N–H and O–H groups in total. The van der Waals surface area contributed by atoms with E-state index in [2.05, 4.69) is 27.3 Å². The molecule has 2 aromatic carbocycles. The molecule has 1 aliphatic carbocycles. The van der Waals surface area contributed by atoms with E-state index in [0.717, 1.165) is 42.5 Å². The van der Waals surface area contributed by atoms with Crippen LogP contribution in [-0.4, -0.2) is 59.3 Å². The highest BCUT2D eigenvalue weighted by Gasteiger charge is 2.23. The summed E-state index contributed by atoms with van der Waals surface area (Å²) in [6, 6.07) is 16.1. The first-order chi connectivity index (χ1) is 15.2. The fraction of sp³-hybridized carbons (Fsp3) is 0.360. The summed E-state index contributed by atoms with van der Waals surface area (Å²) in [4.78, 5) is 32.6. The van der Waals surface area contributed by atoms with Crippen molar-refractivity contribution in [3.63, 3.8) is 0 Å². The van der Waals surface area contributed by atoms with Gasteiger partial charge >= 0.3 is 0 Å². The van der Waals surface area contributed by atoms with Crippen LogP contribution in [0.4, 0.5) is 5.69 Å². The third kappa shape index (κ3) is 4.35. The smallest absolute Gasteiger partial charge is 0.270 e. The van der Waals surface area contributed by atoms with Crippen LogP contribution < -0.4 is 5.32 Å². The predicted molar refractivity (Wildman–Crippen MR) is 122 cm³/mol. The third-order valence-corrected chi connectivity index (χ3v) is 6.46. The number of aryl methyl sites for hydroxylation is 2. The molecule has 0 bridgehead atoms. The molecule has 1 fully saturated rings. The number of piperazine rings is 1. The summed E-state index contributed by atoms with van der Waals surface area (Å²) < 4.78 is 0. The summed E-state index contributed by atoms with van der Waals surface area (Å²) in [6.45, 7) is 3.66. The Kier molecular flexibility index (Phi) is 5.47. The van der Waals surface area contributed by atoms with Crippen LogP contribution in [0.15, 0.2) is 48.5 Å². The van der Waals surface area contributed by atoms with E-state index in [1.807, 2.05) is 41.3 Å². The molecule has 31 heavy (non-hydrogen) atoms. The van der Waals surface area contributed by atoms with Gasteiger partial charge in [0.25, 0.3) is 5.91 Å².